The highest BCUT2D eigenvalue weighted by atomic mass is 35.5. The van der Waals surface area contributed by atoms with Gasteiger partial charge in [0.05, 0.1) is 0 Å². The summed E-state index contributed by atoms with van der Waals surface area (Å²) in [6.45, 7) is 0. The standard InChI is InChI=1S/C20H19Cl2NO/c1-23-20(16-9-3-5-11-18(16)22)12-6-8-15(19(20)24)13-14-7-2-4-10-17(14)21/h2-5,7,9-11,13,23H,6,8,12H2,1H3/b15-13+. The van der Waals surface area contributed by atoms with E-state index in [4.69, 9.17) is 23.2 Å². The van der Waals surface area contributed by atoms with Gasteiger partial charge in [0.25, 0.3) is 0 Å². The monoisotopic (exact) mass is 359 g/mol. The van der Waals surface area contributed by atoms with Crippen LogP contribution in [-0.4, -0.2) is 12.8 Å². The Labute approximate surface area is 152 Å². The Bertz CT molecular complexity index is 800. The summed E-state index contributed by atoms with van der Waals surface area (Å²) in [5, 5.41) is 4.51. The van der Waals surface area contributed by atoms with Crippen molar-refractivity contribution in [1.82, 2.24) is 5.32 Å². The molecule has 124 valence electrons. The normalized spacial score (nSPS) is 22.8. The second kappa shape index (κ2) is 7.10. The first kappa shape index (κ1) is 17.2. The number of benzene rings is 2. The van der Waals surface area contributed by atoms with Crippen molar-refractivity contribution in [2.24, 2.45) is 0 Å². The van der Waals surface area contributed by atoms with Gasteiger partial charge in [0.2, 0.25) is 0 Å². The smallest absolute Gasteiger partial charge is 0.183 e. The zero-order chi connectivity index (χ0) is 17.2. The Morgan fingerprint density at radius 1 is 1.04 bits per heavy atom. The van der Waals surface area contributed by atoms with E-state index in [9.17, 15) is 4.79 Å². The SMILES string of the molecule is CNC1(c2ccccc2Cl)CCC/C(=C\c2ccccc2Cl)C1=O. The van der Waals surface area contributed by atoms with E-state index < -0.39 is 5.54 Å². The Morgan fingerprint density at radius 3 is 2.38 bits per heavy atom. The third-order valence-electron chi connectivity index (χ3n) is 4.67. The molecular formula is C20H19Cl2NO. The summed E-state index contributed by atoms with van der Waals surface area (Å²) in [4.78, 5) is 13.3. The van der Waals surface area contributed by atoms with Crippen LogP contribution in [0.25, 0.3) is 6.08 Å². The van der Waals surface area contributed by atoms with Gasteiger partial charge in [0.15, 0.2) is 5.78 Å². The molecule has 0 aliphatic heterocycles. The average Bonchev–Trinajstić information content (AvgIpc) is 2.60. The van der Waals surface area contributed by atoms with E-state index in [1.165, 1.54) is 0 Å². The van der Waals surface area contributed by atoms with Crippen molar-refractivity contribution in [3.05, 3.63) is 75.3 Å². The molecule has 0 bridgehead atoms. The van der Waals surface area contributed by atoms with E-state index in [2.05, 4.69) is 5.32 Å². The van der Waals surface area contributed by atoms with E-state index in [0.29, 0.717) is 10.0 Å². The van der Waals surface area contributed by atoms with Crippen LogP contribution in [0.3, 0.4) is 0 Å². The van der Waals surface area contributed by atoms with Crippen LogP contribution in [-0.2, 0) is 10.3 Å². The van der Waals surface area contributed by atoms with Crippen LogP contribution < -0.4 is 5.32 Å². The quantitative estimate of drug-likeness (QED) is 0.758. The minimum atomic E-state index is -0.774. The van der Waals surface area contributed by atoms with E-state index in [1.807, 2.05) is 61.7 Å². The van der Waals surface area contributed by atoms with Gasteiger partial charge in [-0.15, -0.1) is 0 Å². The van der Waals surface area contributed by atoms with Gasteiger partial charge in [-0.1, -0.05) is 59.6 Å². The first-order valence-electron chi connectivity index (χ1n) is 8.02. The van der Waals surface area contributed by atoms with Crippen molar-refractivity contribution in [2.75, 3.05) is 7.05 Å². The third-order valence-corrected chi connectivity index (χ3v) is 5.35. The number of carbonyl (C=O) groups is 1. The molecular weight excluding hydrogens is 341 g/mol. The van der Waals surface area contributed by atoms with E-state index >= 15 is 0 Å². The lowest BCUT2D eigenvalue weighted by Gasteiger charge is -2.37. The van der Waals surface area contributed by atoms with Crippen molar-refractivity contribution in [3.8, 4) is 0 Å². The van der Waals surface area contributed by atoms with Crippen LogP contribution in [0.2, 0.25) is 10.0 Å². The Balaban J connectivity index is 2.06. The molecule has 1 unspecified atom stereocenters. The van der Waals surface area contributed by atoms with Crippen LogP contribution >= 0.6 is 23.2 Å². The van der Waals surface area contributed by atoms with Gasteiger partial charge in [0, 0.05) is 10.0 Å². The molecule has 1 N–H and O–H groups in total. The second-order valence-electron chi connectivity index (χ2n) is 6.01. The minimum Gasteiger partial charge on any atom is -0.304 e. The first-order valence-corrected chi connectivity index (χ1v) is 8.78. The molecule has 0 saturated heterocycles. The number of Topliss-reactive ketones (excluding diaryl/α,β-unsaturated/α-hetero) is 1. The highest BCUT2D eigenvalue weighted by molar-refractivity contribution is 6.32. The highest BCUT2D eigenvalue weighted by Gasteiger charge is 2.43. The molecule has 24 heavy (non-hydrogen) atoms. The Morgan fingerprint density at radius 2 is 1.71 bits per heavy atom. The molecule has 1 saturated carbocycles. The van der Waals surface area contributed by atoms with Crippen LogP contribution in [0.1, 0.15) is 30.4 Å². The molecule has 2 aromatic carbocycles. The lowest BCUT2D eigenvalue weighted by molar-refractivity contribution is -0.123. The van der Waals surface area contributed by atoms with Gasteiger partial charge in [-0.05, 0) is 61.2 Å². The number of carbonyl (C=O) groups excluding carboxylic acids is 1. The number of likely N-dealkylation sites (N-methyl/N-ethyl adjacent to an activating group) is 1. The van der Waals surface area contributed by atoms with Gasteiger partial charge in [0.1, 0.15) is 5.54 Å². The Kier molecular flexibility index (Phi) is 5.09. The molecule has 0 heterocycles. The molecule has 2 aromatic rings. The fourth-order valence-electron chi connectivity index (χ4n) is 3.40. The number of hydrogen-bond acceptors (Lipinski definition) is 2. The summed E-state index contributed by atoms with van der Waals surface area (Å²) in [6, 6.07) is 15.1. The summed E-state index contributed by atoms with van der Waals surface area (Å²) < 4.78 is 0. The van der Waals surface area contributed by atoms with Gasteiger partial charge in [-0.3, -0.25) is 4.79 Å². The van der Waals surface area contributed by atoms with Gasteiger partial charge < -0.3 is 5.32 Å². The van der Waals surface area contributed by atoms with E-state index in [-0.39, 0.29) is 5.78 Å². The van der Waals surface area contributed by atoms with Gasteiger partial charge in [-0.25, -0.2) is 0 Å². The topological polar surface area (TPSA) is 29.1 Å². The molecule has 0 radical (unpaired) electrons. The van der Waals surface area contributed by atoms with Crippen molar-refractivity contribution in [2.45, 2.75) is 24.8 Å². The summed E-state index contributed by atoms with van der Waals surface area (Å²) in [7, 11) is 1.82. The molecule has 1 fully saturated rings. The van der Waals surface area contributed by atoms with Gasteiger partial charge in [-0.2, -0.15) is 0 Å². The van der Waals surface area contributed by atoms with Crippen LogP contribution in [0.15, 0.2) is 54.1 Å². The van der Waals surface area contributed by atoms with Gasteiger partial charge >= 0.3 is 0 Å². The number of hydrogen-bond donors (Lipinski definition) is 1. The second-order valence-corrected chi connectivity index (χ2v) is 6.82. The fraction of sp³-hybridized carbons (Fsp3) is 0.250. The number of nitrogens with one attached hydrogen (secondary N) is 1. The first-order chi connectivity index (χ1) is 11.6. The maximum absolute atomic E-state index is 13.3. The molecule has 0 aromatic heterocycles. The Hall–Kier alpha value is -1.61. The van der Waals surface area contributed by atoms with Crippen molar-refractivity contribution < 1.29 is 4.79 Å². The number of ketones is 1. The van der Waals surface area contributed by atoms with Crippen LogP contribution in [0.4, 0.5) is 0 Å². The molecule has 0 amide bonds. The van der Waals surface area contributed by atoms with Crippen molar-refractivity contribution in [1.29, 1.82) is 0 Å². The van der Waals surface area contributed by atoms with Crippen LogP contribution in [0.5, 0.6) is 0 Å². The molecule has 1 aliphatic carbocycles. The number of halogens is 2. The summed E-state index contributed by atoms with van der Waals surface area (Å²) in [5.74, 6) is 0.0734. The maximum Gasteiger partial charge on any atom is 0.183 e. The molecule has 4 heteroatoms. The van der Waals surface area contributed by atoms with Crippen molar-refractivity contribution in [3.63, 3.8) is 0 Å². The summed E-state index contributed by atoms with van der Waals surface area (Å²) >= 11 is 12.6. The van der Waals surface area contributed by atoms with E-state index in [0.717, 1.165) is 36.0 Å². The fourth-order valence-corrected chi connectivity index (χ4v) is 3.89. The minimum absolute atomic E-state index is 0.0734. The predicted molar refractivity (Wildman–Crippen MR) is 100 cm³/mol. The number of rotatable bonds is 3. The third kappa shape index (κ3) is 3.02. The lowest BCUT2D eigenvalue weighted by atomic mass is 9.73. The molecule has 3 rings (SSSR count). The van der Waals surface area contributed by atoms with Crippen LogP contribution in [0, 0.1) is 0 Å². The summed E-state index contributed by atoms with van der Waals surface area (Å²) in [6.07, 6.45) is 4.30. The zero-order valence-corrected chi connectivity index (χ0v) is 15.0. The van der Waals surface area contributed by atoms with E-state index in [1.54, 1.807) is 0 Å². The molecule has 1 atom stereocenters. The summed E-state index contributed by atoms with van der Waals surface area (Å²) in [5.41, 5.74) is 1.71. The molecule has 0 spiro atoms. The molecule has 1 aliphatic rings. The van der Waals surface area contributed by atoms with Crippen molar-refractivity contribution >= 4 is 35.1 Å². The lowest BCUT2D eigenvalue weighted by Crippen LogP contribution is -2.50. The zero-order valence-electron chi connectivity index (χ0n) is 13.5. The predicted octanol–water partition coefficient (Wildman–Crippen LogP) is 5.24. The highest BCUT2D eigenvalue weighted by Crippen LogP contribution is 2.40. The maximum atomic E-state index is 13.3. The largest absolute Gasteiger partial charge is 0.304 e. The average molecular weight is 360 g/mol. The molecule has 2 nitrogen and oxygen atoms in total.